The number of carbonyl (C=O) groups excluding carboxylic acids is 2. The molecule has 0 unspecified atom stereocenters. The maximum Gasteiger partial charge on any atom is 0.317 e. The molecular formula is C32H44N4O4. The van der Waals surface area contributed by atoms with Crippen LogP contribution in [0.4, 0.5) is 4.79 Å². The lowest BCUT2D eigenvalue weighted by atomic mass is 9.96. The fraction of sp³-hybridized carbons (Fsp3) is 0.500. The van der Waals surface area contributed by atoms with Crippen molar-refractivity contribution in [1.82, 2.24) is 19.7 Å². The molecule has 0 radical (unpaired) electrons. The van der Waals surface area contributed by atoms with Gasteiger partial charge in [0, 0.05) is 55.6 Å². The first kappa shape index (κ1) is 29.6. The number of aliphatic hydroxyl groups excluding tert-OH is 1. The fourth-order valence-electron chi connectivity index (χ4n) is 5.35. The zero-order valence-electron chi connectivity index (χ0n) is 24.8. The Hall–Kier alpha value is -3.36. The molecule has 8 heteroatoms. The third-order valence-electron chi connectivity index (χ3n) is 8.38. The van der Waals surface area contributed by atoms with Crippen molar-refractivity contribution < 1.29 is 19.4 Å². The number of carbonyl (C=O) groups is 2. The van der Waals surface area contributed by atoms with Crippen LogP contribution in [0.2, 0.25) is 0 Å². The van der Waals surface area contributed by atoms with Gasteiger partial charge in [-0.15, -0.1) is 0 Å². The minimum atomic E-state index is -0.398. The van der Waals surface area contributed by atoms with Gasteiger partial charge >= 0.3 is 6.03 Å². The van der Waals surface area contributed by atoms with Gasteiger partial charge in [0.1, 0.15) is 5.69 Å². The number of nitrogens with zero attached hydrogens (tertiary/aromatic N) is 3. The third-order valence-corrected chi connectivity index (χ3v) is 8.38. The number of amides is 3. The monoisotopic (exact) mass is 548 g/mol. The second kappa shape index (κ2) is 12.4. The first-order chi connectivity index (χ1) is 19.0. The van der Waals surface area contributed by atoms with E-state index in [1.807, 2.05) is 74.9 Å². The number of para-hydroxylation sites is 1. The number of aromatic nitrogens is 1. The van der Waals surface area contributed by atoms with E-state index in [2.05, 4.69) is 25.2 Å². The molecule has 0 fully saturated rings. The quantitative estimate of drug-likeness (QED) is 0.459. The number of ether oxygens (including phenoxy) is 1. The Kier molecular flexibility index (Phi) is 9.21. The largest absolute Gasteiger partial charge is 0.394 e. The van der Waals surface area contributed by atoms with Gasteiger partial charge in [0.25, 0.3) is 5.91 Å². The Balaban J connectivity index is 1.79. The van der Waals surface area contributed by atoms with Gasteiger partial charge in [0.15, 0.2) is 0 Å². The summed E-state index contributed by atoms with van der Waals surface area (Å²) in [6, 6.07) is 15.6. The van der Waals surface area contributed by atoms with Crippen molar-refractivity contribution in [3.8, 4) is 11.1 Å². The minimum absolute atomic E-state index is 0.0413. The Bertz CT molecular complexity index is 1350. The summed E-state index contributed by atoms with van der Waals surface area (Å²) in [6.07, 6.45) is -0.336. The van der Waals surface area contributed by atoms with E-state index in [-0.39, 0.29) is 36.6 Å². The van der Waals surface area contributed by atoms with E-state index in [4.69, 9.17) is 4.74 Å². The average Bonchev–Trinajstić information content (AvgIpc) is 3.23. The van der Waals surface area contributed by atoms with Crippen LogP contribution in [0.1, 0.15) is 50.7 Å². The average molecular weight is 549 g/mol. The van der Waals surface area contributed by atoms with Crippen molar-refractivity contribution >= 4 is 22.8 Å². The van der Waals surface area contributed by atoms with E-state index in [0.29, 0.717) is 31.3 Å². The van der Waals surface area contributed by atoms with Crippen molar-refractivity contribution in [2.45, 2.75) is 59.4 Å². The van der Waals surface area contributed by atoms with Gasteiger partial charge in [-0.25, -0.2) is 4.79 Å². The molecular weight excluding hydrogens is 504 g/mol. The van der Waals surface area contributed by atoms with Crippen LogP contribution in [0.3, 0.4) is 0 Å². The maximum absolute atomic E-state index is 14.4. The molecule has 216 valence electrons. The molecule has 2 N–H and O–H groups in total. The van der Waals surface area contributed by atoms with Crippen LogP contribution < -0.4 is 5.32 Å². The molecule has 4 rings (SSSR count). The number of hydrogen-bond acceptors (Lipinski definition) is 4. The van der Waals surface area contributed by atoms with E-state index in [1.54, 1.807) is 16.8 Å². The molecule has 0 spiro atoms. The summed E-state index contributed by atoms with van der Waals surface area (Å²) in [5.41, 5.74) is 4.37. The molecule has 0 saturated carbocycles. The number of aliphatic hydroxyl groups is 1. The predicted molar refractivity (Wildman–Crippen MR) is 159 cm³/mol. The normalized spacial score (nSPS) is 19.5. The second-order valence-electron chi connectivity index (χ2n) is 11.6. The van der Waals surface area contributed by atoms with Crippen molar-refractivity contribution in [3.05, 3.63) is 59.8 Å². The maximum atomic E-state index is 14.4. The van der Waals surface area contributed by atoms with Crippen molar-refractivity contribution in [2.75, 3.05) is 26.7 Å². The van der Waals surface area contributed by atoms with Crippen LogP contribution in [0, 0.1) is 11.8 Å². The van der Waals surface area contributed by atoms with Gasteiger partial charge in [-0.1, -0.05) is 63.2 Å². The number of nitrogens with one attached hydrogen (secondary N) is 1. The molecule has 2 aromatic carbocycles. The molecule has 1 aromatic heterocycles. The fourth-order valence-corrected chi connectivity index (χ4v) is 5.35. The smallest absolute Gasteiger partial charge is 0.317 e. The van der Waals surface area contributed by atoms with Gasteiger partial charge in [-0.3, -0.25) is 4.79 Å². The van der Waals surface area contributed by atoms with Crippen LogP contribution in [0.25, 0.3) is 22.0 Å². The van der Waals surface area contributed by atoms with Gasteiger partial charge in [0.05, 0.1) is 25.4 Å². The van der Waals surface area contributed by atoms with Gasteiger partial charge in [-0.2, -0.15) is 0 Å². The van der Waals surface area contributed by atoms with Crippen LogP contribution in [0.15, 0.2) is 48.5 Å². The van der Waals surface area contributed by atoms with Crippen molar-refractivity contribution in [1.29, 1.82) is 0 Å². The number of benzene rings is 2. The molecule has 8 nitrogen and oxygen atoms in total. The Morgan fingerprint density at radius 3 is 2.50 bits per heavy atom. The van der Waals surface area contributed by atoms with Crippen molar-refractivity contribution in [2.24, 2.45) is 18.9 Å². The highest BCUT2D eigenvalue weighted by Crippen LogP contribution is 2.38. The van der Waals surface area contributed by atoms with Crippen LogP contribution in [0.5, 0.6) is 0 Å². The summed E-state index contributed by atoms with van der Waals surface area (Å²) >= 11 is 0. The highest BCUT2D eigenvalue weighted by molar-refractivity contribution is 6.10. The Morgan fingerprint density at radius 1 is 1.12 bits per heavy atom. The van der Waals surface area contributed by atoms with Gasteiger partial charge in [0.2, 0.25) is 0 Å². The van der Waals surface area contributed by atoms with E-state index in [9.17, 15) is 14.7 Å². The molecule has 1 aliphatic rings. The first-order valence-corrected chi connectivity index (χ1v) is 14.3. The van der Waals surface area contributed by atoms with Crippen LogP contribution in [-0.2, 0) is 18.4 Å². The predicted octanol–water partition coefficient (Wildman–Crippen LogP) is 4.89. The number of rotatable bonds is 6. The van der Waals surface area contributed by atoms with Gasteiger partial charge < -0.3 is 29.5 Å². The summed E-state index contributed by atoms with van der Waals surface area (Å²) in [5, 5.41) is 14.2. The molecule has 0 saturated heterocycles. The third kappa shape index (κ3) is 5.88. The molecule has 3 aromatic rings. The van der Waals surface area contributed by atoms with Gasteiger partial charge in [-0.05, 0) is 37.0 Å². The number of likely N-dealkylation sites (N-methyl/N-ethyl adjacent to an activating group) is 1. The van der Waals surface area contributed by atoms with E-state index in [0.717, 1.165) is 27.6 Å². The zero-order chi connectivity index (χ0) is 29.1. The lowest BCUT2D eigenvalue weighted by Gasteiger charge is -2.35. The molecule has 0 bridgehead atoms. The topological polar surface area (TPSA) is 87.0 Å². The number of urea groups is 1. The first-order valence-electron chi connectivity index (χ1n) is 14.3. The number of fused-ring (bicyclic) bond motifs is 5. The van der Waals surface area contributed by atoms with Crippen molar-refractivity contribution in [3.63, 3.8) is 0 Å². The number of hydrogen-bond donors (Lipinski definition) is 2. The summed E-state index contributed by atoms with van der Waals surface area (Å²) in [5.74, 6) is 0.0761. The molecule has 40 heavy (non-hydrogen) atoms. The molecule has 1 aliphatic heterocycles. The van der Waals surface area contributed by atoms with Crippen LogP contribution in [-0.4, -0.2) is 76.3 Å². The SMILES string of the molecule is CC(C)[C@@H](C)NC(=O)N(C)C[C@@H]1OCc2ccccc2-c2c(n(C)c3ccccc23)C(=O)N([C@@H](C)CO)C[C@H]1C. The lowest BCUT2D eigenvalue weighted by molar-refractivity contribution is -0.0186. The highest BCUT2D eigenvalue weighted by Gasteiger charge is 2.34. The minimum Gasteiger partial charge on any atom is -0.394 e. The summed E-state index contributed by atoms with van der Waals surface area (Å²) in [4.78, 5) is 30.8. The molecule has 3 amide bonds. The summed E-state index contributed by atoms with van der Waals surface area (Å²) in [7, 11) is 3.70. The number of aryl methyl sites for hydroxylation is 1. The van der Waals surface area contributed by atoms with E-state index >= 15 is 0 Å². The molecule has 4 atom stereocenters. The van der Waals surface area contributed by atoms with Crippen LogP contribution >= 0.6 is 0 Å². The second-order valence-corrected chi connectivity index (χ2v) is 11.6. The summed E-state index contributed by atoms with van der Waals surface area (Å²) in [6.45, 7) is 11.0. The molecule has 2 heterocycles. The zero-order valence-corrected chi connectivity index (χ0v) is 24.8. The summed E-state index contributed by atoms with van der Waals surface area (Å²) < 4.78 is 8.56. The molecule has 0 aliphatic carbocycles. The standard InChI is InChI=1S/C32H44N4O4/c1-20(2)23(5)33-32(39)34(6)17-28-21(3)16-36(22(4)18-37)31(38)30-29(25-13-9-8-12-24(25)19-40-28)26-14-10-11-15-27(26)35(30)7/h8-15,20-23,28,37H,16-19H2,1-7H3,(H,33,39)/t21-,22+,23-,28+/m1/s1. The lowest BCUT2D eigenvalue weighted by Crippen LogP contribution is -2.50. The highest BCUT2D eigenvalue weighted by atomic mass is 16.5. The van der Waals surface area contributed by atoms with E-state index in [1.165, 1.54) is 0 Å². The van der Waals surface area contributed by atoms with E-state index < -0.39 is 6.04 Å². The Labute approximate surface area is 237 Å². The Morgan fingerprint density at radius 2 is 1.80 bits per heavy atom.